The molecular formula is C12H25N3O. The number of ether oxygens (including phenoxy) is 1. The molecule has 94 valence electrons. The van der Waals surface area contributed by atoms with Gasteiger partial charge in [0.25, 0.3) is 0 Å². The van der Waals surface area contributed by atoms with Crippen LogP contribution in [0.25, 0.3) is 0 Å². The summed E-state index contributed by atoms with van der Waals surface area (Å²) in [5, 5.41) is 7.52. The van der Waals surface area contributed by atoms with E-state index in [1.807, 2.05) is 13.8 Å². The molecule has 1 aliphatic heterocycles. The molecule has 0 atom stereocenters. The van der Waals surface area contributed by atoms with Crippen LogP contribution in [-0.4, -0.2) is 43.6 Å². The van der Waals surface area contributed by atoms with Gasteiger partial charge in [-0.1, -0.05) is 13.8 Å². The zero-order valence-corrected chi connectivity index (χ0v) is 10.8. The molecule has 0 aliphatic carbocycles. The maximum Gasteiger partial charge on any atom is 0.0963 e. The SMILES string of the molecule is COC1CCN(CCC(C)(C)C(=N)N)CC1. The van der Waals surface area contributed by atoms with Crippen LogP contribution in [-0.2, 0) is 4.74 Å². The smallest absolute Gasteiger partial charge is 0.0963 e. The Morgan fingerprint density at radius 1 is 1.44 bits per heavy atom. The number of nitrogens with zero attached hydrogens (tertiary/aromatic N) is 1. The second-order valence-corrected chi connectivity index (χ2v) is 5.32. The molecule has 0 bridgehead atoms. The minimum Gasteiger partial charge on any atom is -0.387 e. The van der Waals surface area contributed by atoms with Crippen LogP contribution < -0.4 is 5.73 Å². The Balaban J connectivity index is 2.27. The number of nitrogens with two attached hydrogens (primary N) is 1. The van der Waals surface area contributed by atoms with Crippen molar-refractivity contribution in [2.45, 2.75) is 39.2 Å². The average Bonchev–Trinajstić information content (AvgIpc) is 2.27. The van der Waals surface area contributed by atoms with Crippen molar-refractivity contribution in [3.05, 3.63) is 0 Å². The average molecular weight is 227 g/mol. The van der Waals surface area contributed by atoms with Crippen LogP contribution in [0.15, 0.2) is 0 Å². The molecule has 4 nitrogen and oxygen atoms in total. The third kappa shape index (κ3) is 3.76. The summed E-state index contributed by atoms with van der Waals surface area (Å²) in [4.78, 5) is 2.44. The highest BCUT2D eigenvalue weighted by Crippen LogP contribution is 2.21. The van der Waals surface area contributed by atoms with Crippen LogP contribution >= 0.6 is 0 Å². The number of hydrogen-bond donors (Lipinski definition) is 2. The summed E-state index contributed by atoms with van der Waals surface area (Å²) in [5.41, 5.74) is 5.41. The Kier molecular flexibility index (Phi) is 4.74. The molecule has 16 heavy (non-hydrogen) atoms. The Hall–Kier alpha value is -0.610. The minimum absolute atomic E-state index is 0.169. The van der Waals surface area contributed by atoms with E-state index in [0.717, 1.165) is 38.9 Å². The summed E-state index contributed by atoms with van der Waals surface area (Å²) in [6.45, 7) is 7.32. The largest absolute Gasteiger partial charge is 0.387 e. The molecule has 1 heterocycles. The standard InChI is InChI=1S/C12H25N3O/c1-12(2,11(13)14)6-9-15-7-4-10(16-3)5-8-15/h10H,4-9H2,1-3H3,(H3,13,14). The predicted octanol–water partition coefficient (Wildman–Crippen LogP) is 1.45. The molecular weight excluding hydrogens is 202 g/mol. The van der Waals surface area contributed by atoms with Crippen molar-refractivity contribution in [1.82, 2.24) is 4.90 Å². The lowest BCUT2D eigenvalue weighted by molar-refractivity contribution is 0.0392. The summed E-state index contributed by atoms with van der Waals surface area (Å²) in [6, 6.07) is 0. The zero-order valence-electron chi connectivity index (χ0n) is 10.8. The molecule has 0 aromatic heterocycles. The van der Waals surface area contributed by atoms with Crippen molar-refractivity contribution in [3.63, 3.8) is 0 Å². The van der Waals surface area contributed by atoms with Crippen LogP contribution in [0.1, 0.15) is 33.1 Å². The molecule has 0 amide bonds. The maximum absolute atomic E-state index is 7.52. The van der Waals surface area contributed by atoms with E-state index < -0.39 is 0 Å². The molecule has 0 aromatic rings. The molecule has 0 radical (unpaired) electrons. The molecule has 1 rings (SSSR count). The van der Waals surface area contributed by atoms with E-state index in [1.54, 1.807) is 7.11 Å². The summed E-state index contributed by atoms with van der Waals surface area (Å²) in [7, 11) is 1.79. The van der Waals surface area contributed by atoms with Gasteiger partial charge in [0.1, 0.15) is 0 Å². The van der Waals surface area contributed by atoms with Crippen molar-refractivity contribution >= 4 is 5.84 Å². The van der Waals surface area contributed by atoms with E-state index in [-0.39, 0.29) is 5.41 Å². The van der Waals surface area contributed by atoms with Gasteiger partial charge in [-0.3, -0.25) is 5.41 Å². The van der Waals surface area contributed by atoms with E-state index in [9.17, 15) is 0 Å². The topological polar surface area (TPSA) is 62.3 Å². The van der Waals surface area contributed by atoms with E-state index in [0.29, 0.717) is 11.9 Å². The van der Waals surface area contributed by atoms with Crippen LogP contribution in [0.5, 0.6) is 0 Å². The lowest BCUT2D eigenvalue weighted by atomic mass is 9.87. The number of nitrogens with one attached hydrogen (secondary N) is 1. The number of piperidine rings is 1. The number of hydrogen-bond acceptors (Lipinski definition) is 3. The summed E-state index contributed by atoms with van der Waals surface area (Å²) in [5.74, 6) is 0.291. The molecule has 0 spiro atoms. The molecule has 0 saturated carbocycles. The van der Waals surface area contributed by atoms with Gasteiger partial charge in [0.05, 0.1) is 11.9 Å². The fourth-order valence-corrected chi connectivity index (χ4v) is 1.94. The highest BCUT2D eigenvalue weighted by atomic mass is 16.5. The fourth-order valence-electron chi connectivity index (χ4n) is 1.94. The lowest BCUT2D eigenvalue weighted by Crippen LogP contribution is -2.40. The van der Waals surface area contributed by atoms with Gasteiger partial charge < -0.3 is 15.4 Å². The van der Waals surface area contributed by atoms with Crippen LogP contribution in [0.4, 0.5) is 0 Å². The van der Waals surface area contributed by atoms with Gasteiger partial charge in [-0.15, -0.1) is 0 Å². The van der Waals surface area contributed by atoms with Gasteiger partial charge >= 0.3 is 0 Å². The minimum atomic E-state index is -0.169. The predicted molar refractivity (Wildman–Crippen MR) is 66.8 cm³/mol. The lowest BCUT2D eigenvalue weighted by Gasteiger charge is -2.33. The Morgan fingerprint density at radius 2 is 2.00 bits per heavy atom. The first kappa shape index (κ1) is 13.5. The van der Waals surface area contributed by atoms with Crippen molar-refractivity contribution < 1.29 is 4.74 Å². The third-order valence-electron chi connectivity index (χ3n) is 3.65. The van der Waals surface area contributed by atoms with Gasteiger partial charge in [0.15, 0.2) is 0 Å². The fraction of sp³-hybridized carbons (Fsp3) is 0.917. The summed E-state index contributed by atoms with van der Waals surface area (Å²) in [6.07, 6.45) is 3.64. The molecule has 1 fully saturated rings. The van der Waals surface area contributed by atoms with Crippen molar-refractivity contribution in [3.8, 4) is 0 Å². The number of rotatable bonds is 5. The van der Waals surface area contributed by atoms with Gasteiger partial charge in [-0.05, 0) is 25.8 Å². The zero-order chi connectivity index (χ0) is 12.2. The number of amidine groups is 1. The highest BCUT2D eigenvalue weighted by Gasteiger charge is 2.24. The van der Waals surface area contributed by atoms with Gasteiger partial charge in [-0.25, -0.2) is 0 Å². The Morgan fingerprint density at radius 3 is 2.44 bits per heavy atom. The summed E-state index contributed by atoms with van der Waals surface area (Å²) < 4.78 is 5.34. The Labute approximate surface area is 98.6 Å². The molecule has 0 aromatic carbocycles. The van der Waals surface area contributed by atoms with Gasteiger partial charge in [0.2, 0.25) is 0 Å². The van der Waals surface area contributed by atoms with Gasteiger partial charge in [-0.2, -0.15) is 0 Å². The third-order valence-corrected chi connectivity index (χ3v) is 3.65. The van der Waals surface area contributed by atoms with Crippen molar-refractivity contribution in [2.24, 2.45) is 11.1 Å². The molecule has 3 N–H and O–H groups in total. The second-order valence-electron chi connectivity index (χ2n) is 5.32. The quantitative estimate of drug-likeness (QED) is 0.552. The number of likely N-dealkylation sites (tertiary alicyclic amines) is 1. The molecule has 0 unspecified atom stereocenters. The second kappa shape index (κ2) is 5.64. The van der Waals surface area contributed by atoms with E-state index in [4.69, 9.17) is 15.9 Å². The first-order chi connectivity index (χ1) is 7.45. The Bertz CT molecular complexity index is 232. The van der Waals surface area contributed by atoms with Crippen LogP contribution in [0.2, 0.25) is 0 Å². The highest BCUT2D eigenvalue weighted by molar-refractivity contribution is 5.82. The van der Waals surface area contributed by atoms with E-state index >= 15 is 0 Å². The first-order valence-electron chi connectivity index (χ1n) is 6.05. The maximum atomic E-state index is 7.52. The molecule has 1 saturated heterocycles. The monoisotopic (exact) mass is 227 g/mol. The summed E-state index contributed by atoms with van der Waals surface area (Å²) >= 11 is 0. The van der Waals surface area contributed by atoms with Crippen molar-refractivity contribution in [1.29, 1.82) is 5.41 Å². The van der Waals surface area contributed by atoms with Gasteiger partial charge in [0, 0.05) is 25.6 Å². The normalized spacial score (nSPS) is 19.9. The van der Waals surface area contributed by atoms with E-state index in [1.165, 1.54) is 0 Å². The van der Waals surface area contributed by atoms with Crippen LogP contribution in [0.3, 0.4) is 0 Å². The molecule has 4 heteroatoms. The van der Waals surface area contributed by atoms with Crippen molar-refractivity contribution in [2.75, 3.05) is 26.7 Å². The number of methoxy groups -OCH3 is 1. The van der Waals surface area contributed by atoms with Crippen LogP contribution in [0, 0.1) is 10.8 Å². The first-order valence-corrected chi connectivity index (χ1v) is 6.05. The molecule has 1 aliphatic rings. The van der Waals surface area contributed by atoms with E-state index in [2.05, 4.69) is 4.90 Å².